The molecule has 1 aliphatic carbocycles. The van der Waals surface area contributed by atoms with E-state index in [1.165, 1.54) is 12.8 Å². The molecule has 3 heteroatoms. The molecule has 1 fully saturated rings. The second kappa shape index (κ2) is 6.46. The Balaban J connectivity index is 2.13. The highest BCUT2D eigenvalue weighted by atomic mass is 16.5. The largest absolute Gasteiger partial charge is 0.383 e. The minimum absolute atomic E-state index is 0.617. The third-order valence-electron chi connectivity index (χ3n) is 3.47. The molecule has 0 aliphatic heterocycles. The Morgan fingerprint density at radius 3 is 2.60 bits per heavy atom. The minimum atomic E-state index is 0.617. The molecule has 1 aliphatic rings. The monoisotopic (exact) mass is 214 g/mol. The van der Waals surface area contributed by atoms with Gasteiger partial charge >= 0.3 is 0 Å². The molecule has 0 radical (unpaired) electrons. The van der Waals surface area contributed by atoms with E-state index in [-0.39, 0.29) is 0 Å². The van der Waals surface area contributed by atoms with Crippen molar-refractivity contribution >= 4 is 0 Å². The summed E-state index contributed by atoms with van der Waals surface area (Å²) in [6.45, 7) is 7.61. The number of rotatable bonds is 8. The average molecular weight is 214 g/mol. The predicted molar refractivity (Wildman–Crippen MR) is 64.2 cm³/mol. The Labute approximate surface area is 94.2 Å². The third kappa shape index (κ3) is 4.96. The predicted octanol–water partition coefficient (Wildman–Crippen LogP) is 1.34. The van der Waals surface area contributed by atoms with Crippen LogP contribution in [0.25, 0.3) is 0 Å². The Morgan fingerprint density at radius 2 is 2.07 bits per heavy atom. The smallest absolute Gasteiger partial charge is 0.0589 e. The van der Waals surface area contributed by atoms with Gasteiger partial charge in [-0.15, -0.1) is 0 Å². The summed E-state index contributed by atoms with van der Waals surface area (Å²) in [5, 5.41) is 3.59. The van der Waals surface area contributed by atoms with Gasteiger partial charge in [-0.05, 0) is 39.3 Å². The van der Waals surface area contributed by atoms with Crippen molar-refractivity contribution in [2.45, 2.75) is 38.8 Å². The normalized spacial score (nSPS) is 20.6. The molecule has 15 heavy (non-hydrogen) atoms. The Bertz CT molecular complexity index is 171. The van der Waals surface area contributed by atoms with Crippen molar-refractivity contribution in [2.75, 3.05) is 33.9 Å². The molecule has 0 amide bonds. The molecule has 0 bridgehead atoms. The van der Waals surface area contributed by atoms with E-state index in [4.69, 9.17) is 4.74 Å². The standard InChI is InChI=1S/C12H26N2O/c1-10(9-13-12-5-6-12)11(2)14(3)7-8-15-4/h10-13H,5-9H2,1-4H3. The molecule has 1 rings (SSSR count). The molecule has 2 unspecified atom stereocenters. The van der Waals surface area contributed by atoms with Gasteiger partial charge in [0, 0.05) is 25.7 Å². The molecule has 0 aromatic carbocycles. The van der Waals surface area contributed by atoms with Crippen LogP contribution in [-0.4, -0.2) is 50.8 Å². The maximum absolute atomic E-state index is 5.09. The highest BCUT2D eigenvalue weighted by molar-refractivity contribution is 4.83. The molecule has 1 saturated carbocycles. The van der Waals surface area contributed by atoms with Crippen LogP contribution >= 0.6 is 0 Å². The highest BCUT2D eigenvalue weighted by Crippen LogP contribution is 2.19. The van der Waals surface area contributed by atoms with Crippen molar-refractivity contribution in [3.63, 3.8) is 0 Å². The number of hydrogen-bond acceptors (Lipinski definition) is 3. The third-order valence-corrected chi connectivity index (χ3v) is 3.47. The van der Waals surface area contributed by atoms with Crippen LogP contribution in [0.2, 0.25) is 0 Å². The van der Waals surface area contributed by atoms with Crippen molar-refractivity contribution in [2.24, 2.45) is 5.92 Å². The first-order chi connectivity index (χ1) is 7.15. The van der Waals surface area contributed by atoms with Crippen LogP contribution in [0.5, 0.6) is 0 Å². The van der Waals surface area contributed by atoms with Gasteiger partial charge in [0.1, 0.15) is 0 Å². The minimum Gasteiger partial charge on any atom is -0.383 e. The van der Waals surface area contributed by atoms with E-state index in [1.54, 1.807) is 7.11 Å². The van der Waals surface area contributed by atoms with E-state index < -0.39 is 0 Å². The van der Waals surface area contributed by atoms with Crippen LogP contribution in [-0.2, 0) is 4.74 Å². The van der Waals surface area contributed by atoms with Crippen LogP contribution < -0.4 is 5.32 Å². The number of nitrogens with zero attached hydrogens (tertiary/aromatic N) is 1. The zero-order valence-electron chi connectivity index (χ0n) is 10.6. The lowest BCUT2D eigenvalue weighted by atomic mass is 10.0. The molecular formula is C12H26N2O. The van der Waals surface area contributed by atoms with Crippen LogP contribution in [0.4, 0.5) is 0 Å². The average Bonchev–Trinajstić information content (AvgIpc) is 3.05. The Kier molecular flexibility index (Phi) is 5.58. The van der Waals surface area contributed by atoms with Crippen molar-refractivity contribution in [3.8, 4) is 0 Å². The van der Waals surface area contributed by atoms with Crippen molar-refractivity contribution < 1.29 is 4.74 Å². The first-order valence-corrected chi connectivity index (χ1v) is 6.07. The van der Waals surface area contributed by atoms with E-state index >= 15 is 0 Å². The van der Waals surface area contributed by atoms with E-state index in [2.05, 4.69) is 31.1 Å². The second-order valence-electron chi connectivity index (χ2n) is 4.87. The van der Waals surface area contributed by atoms with Gasteiger partial charge < -0.3 is 15.0 Å². The number of methoxy groups -OCH3 is 1. The molecule has 2 atom stereocenters. The van der Waals surface area contributed by atoms with Gasteiger partial charge in [-0.25, -0.2) is 0 Å². The lowest BCUT2D eigenvalue weighted by Crippen LogP contribution is -2.40. The fraction of sp³-hybridized carbons (Fsp3) is 1.00. The zero-order valence-corrected chi connectivity index (χ0v) is 10.6. The molecule has 90 valence electrons. The van der Waals surface area contributed by atoms with Gasteiger partial charge in [-0.3, -0.25) is 0 Å². The van der Waals surface area contributed by atoms with E-state index in [1.807, 2.05) is 0 Å². The molecule has 0 spiro atoms. The number of likely N-dealkylation sites (N-methyl/N-ethyl adjacent to an activating group) is 1. The van der Waals surface area contributed by atoms with Crippen LogP contribution in [0.1, 0.15) is 26.7 Å². The van der Waals surface area contributed by atoms with Gasteiger partial charge in [0.15, 0.2) is 0 Å². The van der Waals surface area contributed by atoms with Gasteiger partial charge in [-0.2, -0.15) is 0 Å². The summed E-state index contributed by atoms with van der Waals surface area (Å²) in [5.41, 5.74) is 0. The molecule has 0 saturated heterocycles. The van der Waals surface area contributed by atoms with Gasteiger partial charge in [0.25, 0.3) is 0 Å². The van der Waals surface area contributed by atoms with E-state index in [9.17, 15) is 0 Å². The number of nitrogens with one attached hydrogen (secondary N) is 1. The van der Waals surface area contributed by atoms with Crippen molar-refractivity contribution in [3.05, 3.63) is 0 Å². The van der Waals surface area contributed by atoms with Crippen LogP contribution in [0.3, 0.4) is 0 Å². The topological polar surface area (TPSA) is 24.5 Å². The first kappa shape index (κ1) is 12.9. The first-order valence-electron chi connectivity index (χ1n) is 6.07. The maximum Gasteiger partial charge on any atom is 0.0589 e. The summed E-state index contributed by atoms with van der Waals surface area (Å²) >= 11 is 0. The molecule has 1 N–H and O–H groups in total. The molecule has 0 aromatic heterocycles. The lowest BCUT2D eigenvalue weighted by molar-refractivity contribution is 0.124. The van der Waals surface area contributed by atoms with Gasteiger partial charge in [0.2, 0.25) is 0 Å². The van der Waals surface area contributed by atoms with Crippen molar-refractivity contribution in [1.29, 1.82) is 0 Å². The maximum atomic E-state index is 5.09. The second-order valence-corrected chi connectivity index (χ2v) is 4.87. The number of ether oxygens (including phenoxy) is 1. The fourth-order valence-corrected chi connectivity index (χ4v) is 1.68. The fourth-order valence-electron chi connectivity index (χ4n) is 1.68. The quantitative estimate of drug-likeness (QED) is 0.660. The lowest BCUT2D eigenvalue weighted by Gasteiger charge is -2.29. The highest BCUT2D eigenvalue weighted by Gasteiger charge is 2.23. The molecular weight excluding hydrogens is 188 g/mol. The van der Waals surface area contributed by atoms with Gasteiger partial charge in [-0.1, -0.05) is 6.92 Å². The Hall–Kier alpha value is -0.120. The van der Waals surface area contributed by atoms with Crippen LogP contribution in [0.15, 0.2) is 0 Å². The Morgan fingerprint density at radius 1 is 1.40 bits per heavy atom. The summed E-state index contributed by atoms with van der Waals surface area (Å²) in [6, 6.07) is 1.44. The van der Waals surface area contributed by atoms with Gasteiger partial charge in [0.05, 0.1) is 6.61 Å². The molecule has 3 nitrogen and oxygen atoms in total. The number of hydrogen-bond donors (Lipinski definition) is 1. The van der Waals surface area contributed by atoms with E-state index in [0.29, 0.717) is 12.0 Å². The SMILES string of the molecule is COCCN(C)C(C)C(C)CNC1CC1. The summed E-state index contributed by atoms with van der Waals surface area (Å²) in [5.74, 6) is 0.701. The molecule has 0 aromatic rings. The summed E-state index contributed by atoms with van der Waals surface area (Å²) < 4.78 is 5.09. The molecule has 0 heterocycles. The zero-order chi connectivity index (χ0) is 11.3. The summed E-state index contributed by atoms with van der Waals surface area (Å²) in [7, 11) is 3.94. The summed E-state index contributed by atoms with van der Waals surface area (Å²) in [6.07, 6.45) is 2.75. The van der Waals surface area contributed by atoms with Crippen molar-refractivity contribution in [1.82, 2.24) is 10.2 Å². The van der Waals surface area contributed by atoms with E-state index in [0.717, 1.165) is 25.7 Å². The van der Waals surface area contributed by atoms with Crippen LogP contribution in [0, 0.1) is 5.92 Å². The summed E-state index contributed by atoms with van der Waals surface area (Å²) in [4.78, 5) is 2.38.